The van der Waals surface area contributed by atoms with Crippen LogP contribution in [0.4, 0.5) is 4.79 Å². The van der Waals surface area contributed by atoms with E-state index in [1.165, 1.54) is 6.92 Å². The van der Waals surface area contributed by atoms with E-state index in [-0.39, 0.29) is 12.8 Å². The minimum absolute atomic E-state index is 0.00174. The third-order valence-electron chi connectivity index (χ3n) is 2.77. The Morgan fingerprint density at radius 2 is 1.71 bits per heavy atom. The lowest BCUT2D eigenvalue weighted by Crippen LogP contribution is -2.61. The van der Waals surface area contributed by atoms with Gasteiger partial charge >= 0.3 is 12.0 Å². The molecule has 0 aromatic carbocycles. The molecule has 17 heavy (non-hydrogen) atoms. The van der Waals surface area contributed by atoms with Crippen molar-refractivity contribution in [3.8, 4) is 0 Å². The van der Waals surface area contributed by atoms with Crippen LogP contribution in [0.25, 0.3) is 0 Å². The molecule has 7 nitrogen and oxygen atoms in total. The number of carbonyl (C=O) groups is 4. The summed E-state index contributed by atoms with van der Waals surface area (Å²) < 4.78 is 0. The van der Waals surface area contributed by atoms with Gasteiger partial charge in [-0.3, -0.25) is 25.0 Å². The van der Waals surface area contributed by atoms with Crippen LogP contribution in [0.1, 0.15) is 32.6 Å². The number of hydrogen-bond acceptors (Lipinski definition) is 4. The Hall–Kier alpha value is -1.92. The van der Waals surface area contributed by atoms with Crippen LogP contribution >= 0.6 is 0 Å². The molecular weight excluding hydrogens is 228 g/mol. The Morgan fingerprint density at radius 1 is 1.18 bits per heavy atom. The molecule has 1 saturated heterocycles. The van der Waals surface area contributed by atoms with Crippen LogP contribution in [0, 0.1) is 5.41 Å². The summed E-state index contributed by atoms with van der Waals surface area (Å²) in [6, 6.07) is -0.817. The van der Waals surface area contributed by atoms with E-state index >= 15 is 0 Å². The van der Waals surface area contributed by atoms with Crippen LogP contribution in [0.2, 0.25) is 0 Å². The molecule has 1 aliphatic heterocycles. The maximum atomic E-state index is 11.6. The molecule has 1 rings (SSSR count). The van der Waals surface area contributed by atoms with Gasteiger partial charge in [0.2, 0.25) is 11.8 Å². The summed E-state index contributed by atoms with van der Waals surface area (Å²) in [6.45, 7) is 1.44. The zero-order valence-corrected chi connectivity index (χ0v) is 9.41. The summed E-state index contributed by atoms with van der Waals surface area (Å²) in [6.07, 6.45) is 1.03. The zero-order chi connectivity index (χ0) is 13.1. The lowest BCUT2D eigenvalue weighted by Gasteiger charge is -2.30. The summed E-state index contributed by atoms with van der Waals surface area (Å²) in [5, 5.41) is 12.5. The first-order chi connectivity index (χ1) is 7.86. The molecule has 7 heteroatoms. The van der Waals surface area contributed by atoms with Crippen molar-refractivity contribution < 1.29 is 24.3 Å². The SMILES string of the molecule is CC1(CCCCC(=O)O)C(=O)NC(=O)NC1=O. The van der Waals surface area contributed by atoms with Crippen LogP contribution < -0.4 is 10.6 Å². The molecule has 94 valence electrons. The van der Waals surface area contributed by atoms with Gasteiger partial charge in [-0.25, -0.2) is 4.79 Å². The van der Waals surface area contributed by atoms with E-state index < -0.39 is 29.2 Å². The highest BCUT2D eigenvalue weighted by Crippen LogP contribution is 2.27. The van der Waals surface area contributed by atoms with Gasteiger partial charge in [0.15, 0.2) is 0 Å². The Labute approximate surface area is 97.6 Å². The third kappa shape index (κ3) is 3.02. The van der Waals surface area contributed by atoms with Gasteiger partial charge in [-0.05, 0) is 19.8 Å². The first-order valence-electron chi connectivity index (χ1n) is 5.25. The van der Waals surface area contributed by atoms with Crippen molar-refractivity contribution in [1.82, 2.24) is 10.6 Å². The Bertz CT molecular complexity index is 357. The molecule has 4 amide bonds. The maximum absolute atomic E-state index is 11.6. The van der Waals surface area contributed by atoms with E-state index in [0.29, 0.717) is 12.8 Å². The number of amides is 4. The van der Waals surface area contributed by atoms with Gasteiger partial charge in [-0.2, -0.15) is 0 Å². The molecule has 3 N–H and O–H groups in total. The van der Waals surface area contributed by atoms with Crippen LogP contribution in [0.15, 0.2) is 0 Å². The summed E-state index contributed by atoms with van der Waals surface area (Å²) in [5.41, 5.74) is -1.30. The quantitative estimate of drug-likeness (QED) is 0.464. The number of carbonyl (C=O) groups excluding carboxylic acids is 3. The summed E-state index contributed by atoms with van der Waals surface area (Å²) in [4.78, 5) is 44.3. The van der Waals surface area contributed by atoms with Crippen molar-refractivity contribution >= 4 is 23.8 Å². The van der Waals surface area contributed by atoms with Gasteiger partial charge < -0.3 is 5.11 Å². The van der Waals surface area contributed by atoms with Crippen molar-refractivity contribution in [1.29, 1.82) is 0 Å². The Kier molecular flexibility index (Phi) is 3.82. The third-order valence-corrected chi connectivity index (χ3v) is 2.77. The molecule has 0 saturated carbocycles. The molecule has 1 fully saturated rings. The summed E-state index contributed by atoms with van der Waals surface area (Å²) in [7, 11) is 0. The first kappa shape index (κ1) is 13.1. The van der Waals surface area contributed by atoms with Crippen LogP contribution in [0.5, 0.6) is 0 Å². The van der Waals surface area contributed by atoms with Gasteiger partial charge in [0.05, 0.1) is 0 Å². The molecular formula is C10H14N2O5. The molecule has 0 aromatic heterocycles. The standard InChI is InChI=1S/C10H14N2O5/c1-10(5-3-2-4-6(13)14)7(15)11-9(17)12-8(10)16/h2-5H2,1H3,(H,13,14)(H2,11,12,15,16,17). The lowest BCUT2D eigenvalue weighted by molar-refractivity contribution is -0.143. The molecule has 1 heterocycles. The maximum Gasteiger partial charge on any atom is 0.328 e. The second kappa shape index (κ2) is 4.94. The second-order valence-corrected chi connectivity index (χ2v) is 4.17. The monoisotopic (exact) mass is 242 g/mol. The Balaban J connectivity index is 2.54. The minimum atomic E-state index is -1.30. The molecule has 0 atom stereocenters. The van der Waals surface area contributed by atoms with E-state index in [1.807, 2.05) is 10.6 Å². The number of aliphatic carboxylic acids is 1. The highest BCUT2D eigenvalue weighted by atomic mass is 16.4. The number of unbranched alkanes of at least 4 members (excludes halogenated alkanes) is 1. The first-order valence-corrected chi connectivity index (χ1v) is 5.25. The van der Waals surface area contributed by atoms with E-state index in [1.54, 1.807) is 0 Å². The second-order valence-electron chi connectivity index (χ2n) is 4.17. The van der Waals surface area contributed by atoms with E-state index in [9.17, 15) is 19.2 Å². The van der Waals surface area contributed by atoms with Crippen LogP contribution in [-0.4, -0.2) is 28.9 Å². The number of barbiturate groups is 1. The summed E-state index contributed by atoms with van der Waals surface area (Å²) in [5.74, 6) is -2.19. The number of imide groups is 2. The van der Waals surface area contributed by atoms with Crippen molar-refractivity contribution in [3.63, 3.8) is 0 Å². The zero-order valence-electron chi connectivity index (χ0n) is 9.41. The smallest absolute Gasteiger partial charge is 0.328 e. The topological polar surface area (TPSA) is 113 Å². The highest BCUT2D eigenvalue weighted by Gasteiger charge is 2.45. The minimum Gasteiger partial charge on any atom is -0.481 e. The molecule has 0 aliphatic carbocycles. The fraction of sp³-hybridized carbons (Fsp3) is 0.600. The highest BCUT2D eigenvalue weighted by molar-refractivity contribution is 6.18. The van der Waals surface area contributed by atoms with Crippen molar-refractivity contribution in [2.24, 2.45) is 5.41 Å². The van der Waals surface area contributed by atoms with Crippen LogP contribution in [-0.2, 0) is 14.4 Å². The molecule has 1 aliphatic rings. The van der Waals surface area contributed by atoms with Gasteiger partial charge in [0, 0.05) is 6.42 Å². The fourth-order valence-corrected chi connectivity index (χ4v) is 1.60. The molecule has 0 unspecified atom stereocenters. The van der Waals surface area contributed by atoms with Crippen molar-refractivity contribution in [3.05, 3.63) is 0 Å². The van der Waals surface area contributed by atoms with Gasteiger partial charge in [-0.1, -0.05) is 6.42 Å². The predicted molar refractivity (Wildman–Crippen MR) is 55.9 cm³/mol. The van der Waals surface area contributed by atoms with E-state index in [4.69, 9.17) is 5.11 Å². The number of nitrogens with one attached hydrogen (secondary N) is 2. The molecule has 0 aromatic rings. The van der Waals surface area contributed by atoms with E-state index in [2.05, 4.69) is 0 Å². The number of carboxylic acids is 1. The number of rotatable bonds is 5. The van der Waals surface area contributed by atoms with Crippen LogP contribution in [0.3, 0.4) is 0 Å². The summed E-state index contributed by atoms with van der Waals surface area (Å²) >= 11 is 0. The van der Waals surface area contributed by atoms with Gasteiger partial charge in [0.1, 0.15) is 5.41 Å². The van der Waals surface area contributed by atoms with Gasteiger partial charge in [0.25, 0.3) is 0 Å². The van der Waals surface area contributed by atoms with Gasteiger partial charge in [-0.15, -0.1) is 0 Å². The predicted octanol–water partition coefficient (Wildman–Crippen LogP) is 0.00370. The number of urea groups is 1. The molecule has 0 radical (unpaired) electrons. The number of carboxylic acid groups (broad SMARTS) is 1. The average molecular weight is 242 g/mol. The normalized spacial score (nSPS) is 18.5. The molecule has 0 spiro atoms. The van der Waals surface area contributed by atoms with E-state index in [0.717, 1.165) is 0 Å². The largest absolute Gasteiger partial charge is 0.481 e. The average Bonchev–Trinajstić information content (AvgIpc) is 2.21. The van der Waals surface area contributed by atoms with Crippen molar-refractivity contribution in [2.75, 3.05) is 0 Å². The number of hydrogen-bond donors (Lipinski definition) is 3. The Morgan fingerprint density at radius 3 is 2.18 bits per heavy atom. The fourth-order valence-electron chi connectivity index (χ4n) is 1.60. The van der Waals surface area contributed by atoms with Crippen molar-refractivity contribution in [2.45, 2.75) is 32.6 Å². The lowest BCUT2D eigenvalue weighted by atomic mass is 9.81. The molecule has 0 bridgehead atoms.